The quantitative estimate of drug-likeness (QED) is 0.297. The van der Waals surface area contributed by atoms with Crippen molar-refractivity contribution in [2.75, 3.05) is 18.6 Å². The number of carboxylic acids is 1. The van der Waals surface area contributed by atoms with E-state index in [0.717, 1.165) is 47.2 Å². The minimum Gasteiger partial charge on any atom is -0.478 e. The number of amides is 1. The lowest BCUT2D eigenvalue weighted by Crippen LogP contribution is -2.26. The lowest BCUT2D eigenvalue weighted by atomic mass is 9.97. The normalized spacial score (nSPS) is 11.0. The number of anilines is 1. The van der Waals surface area contributed by atoms with E-state index in [4.69, 9.17) is 9.72 Å². The molecule has 0 saturated carbocycles. The molecule has 7 nitrogen and oxygen atoms in total. The molecule has 0 atom stereocenters. The third-order valence-electron chi connectivity index (χ3n) is 6.23. The smallest absolute Gasteiger partial charge is 0.413 e. The Morgan fingerprint density at radius 2 is 1.81 bits per heavy atom. The summed E-state index contributed by atoms with van der Waals surface area (Å²) in [5.41, 5.74) is 5.11. The third kappa shape index (κ3) is 5.25. The number of imidazole rings is 1. The average Bonchev–Trinajstić information content (AvgIpc) is 3.23. The summed E-state index contributed by atoms with van der Waals surface area (Å²) in [7, 11) is 1.68. The van der Waals surface area contributed by atoms with Crippen molar-refractivity contribution in [2.45, 2.75) is 39.7 Å². The molecule has 0 saturated heterocycles. The highest BCUT2D eigenvalue weighted by Gasteiger charge is 2.18. The summed E-state index contributed by atoms with van der Waals surface area (Å²) in [5, 5.41) is 9.94. The lowest BCUT2D eigenvalue weighted by molar-refractivity contribution is 0.0697. The highest BCUT2D eigenvalue weighted by Crippen LogP contribution is 2.28. The van der Waals surface area contributed by atoms with Gasteiger partial charge in [0.15, 0.2) is 0 Å². The number of hydrogen-bond donors (Lipinski definition) is 1. The molecule has 0 bridgehead atoms. The van der Waals surface area contributed by atoms with Gasteiger partial charge < -0.3 is 14.4 Å². The fraction of sp³-hybridized carbons (Fsp3) is 0.276. The number of carbonyl (C=O) groups excluding carboxylic acids is 1. The zero-order valence-corrected chi connectivity index (χ0v) is 20.9. The summed E-state index contributed by atoms with van der Waals surface area (Å²) >= 11 is 0. The molecule has 36 heavy (non-hydrogen) atoms. The predicted molar refractivity (Wildman–Crippen MR) is 142 cm³/mol. The van der Waals surface area contributed by atoms with E-state index < -0.39 is 12.1 Å². The number of aryl methyl sites for hydroxylation is 1. The van der Waals surface area contributed by atoms with Crippen molar-refractivity contribution in [3.8, 4) is 11.1 Å². The van der Waals surface area contributed by atoms with Crippen LogP contribution >= 0.6 is 0 Å². The van der Waals surface area contributed by atoms with Gasteiger partial charge >= 0.3 is 12.1 Å². The van der Waals surface area contributed by atoms with Crippen molar-refractivity contribution in [1.82, 2.24) is 9.55 Å². The molecule has 4 rings (SSSR count). The first kappa shape index (κ1) is 25.0. The number of fused-ring (bicyclic) bond motifs is 1. The molecule has 0 aliphatic rings. The Hall–Kier alpha value is -4.13. The van der Waals surface area contributed by atoms with E-state index in [1.165, 1.54) is 4.90 Å². The highest BCUT2D eigenvalue weighted by molar-refractivity contribution is 5.96. The molecule has 1 heterocycles. The predicted octanol–water partition coefficient (Wildman–Crippen LogP) is 6.39. The van der Waals surface area contributed by atoms with Gasteiger partial charge in [0.2, 0.25) is 0 Å². The summed E-state index contributed by atoms with van der Waals surface area (Å²) in [5.74, 6) is -0.0254. The first-order valence-corrected chi connectivity index (χ1v) is 12.2. The molecule has 1 aromatic heterocycles. The molecule has 1 N–H and O–H groups in total. The van der Waals surface area contributed by atoms with Crippen LogP contribution in [0.25, 0.3) is 22.2 Å². The number of carbonyl (C=O) groups is 2. The Labute approximate surface area is 211 Å². The van der Waals surface area contributed by atoms with Gasteiger partial charge in [-0.2, -0.15) is 0 Å². The van der Waals surface area contributed by atoms with Crippen LogP contribution in [0.1, 0.15) is 48.4 Å². The minimum atomic E-state index is -0.962. The summed E-state index contributed by atoms with van der Waals surface area (Å²) in [4.78, 5) is 30.8. The monoisotopic (exact) mass is 485 g/mol. The largest absolute Gasteiger partial charge is 0.478 e. The summed E-state index contributed by atoms with van der Waals surface area (Å²) < 4.78 is 7.27. The van der Waals surface area contributed by atoms with Crippen molar-refractivity contribution < 1.29 is 19.4 Å². The van der Waals surface area contributed by atoms with Gasteiger partial charge in [0.1, 0.15) is 5.82 Å². The van der Waals surface area contributed by atoms with E-state index in [1.54, 1.807) is 20.0 Å². The van der Waals surface area contributed by atoms with E-state index >= 15 is 0 Å². The average molecular weight is 486 g/mol. The number of rotatable bonds is 9. The maximum Gasteiger partial charge on any atom is 0.413 e. The number of unbranched alkanes of at least 4 members (excludes halogenated alkanes) is 1. The number of hydrogen-bond acceptors (Lipinski definition) is 4. The second-order valence-electron chi connectivity index (χ2n) is 8.70. The molecule has 0 unspecified atom stereocenters. The van der Waals surface area contributed by atoms with Gasteiger partial charge in [0.05, 0.1) is 23.2 Å². The van der Waals surface area contributed by atoms with Gasteiger partial charge in [-0.1, -0.05) is 55.8 Å². The van der Waals surface area contributed by atoms with Crippen LogP contribution in [0, 0.1) is 0 Å². The van der Waals surface area contributed by atoms with Crippen molar-refractivity contribution in [3.63, 3.8) is 0 Å². The number of aromatic nitrogens is 2. The molecule has 4 aromatic rings. The van der Waals surface area contributed by atoms with Gasteiger partial charge in [0, 0.05) is 25.7 Å². The number of benzene rings is 3. The number of ether oxygens (including phenoxy) is 1. The van der Waals surface area contributed by atoms with Gasteiger partial charge in [0.25, 0.3) is 0 Å². The van der Waals surface area contributed by atoms with Crippen LogP contribution in [0.5, 0.6) is 0 Å². The van der Waals surface area contributed by atoms with E-state index in [2.05, 4.69) is 11.5 Å². The summed E-state index contributed by atoms with van der Waals surface area (Å²) in [6.07, 6.45) is 2.42. The first-order valence-electron chi connectivity index (χ1n) is 12.2. The van der Waals surface area contributed by atoms with Gasteiger partial charge in [-0.25, -0.2) is 14.6 Å². The number of carboxylic acid groups (broad SMARTS) is 1. The third-order valence-corrected chi connectivity index (χ3v) is 6.23. The first-order chi connectivity index (χ1) is 17.4. The topological polar surface area (TPSA) is 84.7 Å². The Morgan fingerprint density at radius 1 is 1.03 bits per heavy atom. The fourth-order valence-electron chi connectivity index (χ4n) is 4.32. The minimum absolute atomic E-state index is 0.265. The van der Waals surface area contributed by atoms with Crippen molar-refractivity contribution in [2.24, 2.45) is 0 Å². The van der Waals surface area contributed by atoms with Crippen LogP contribution in [-0.2, 0) is 17.7 Å². The summed E-state index contributed by atoms with van der Waals surface area (Å²) in [6.45, 7) is 4.69. The second-order valence-corrected chi connectivity index (χ2v) is 8.70. The van der Waals surface area contributed by atoms with Gasteiger partial charge in [-0.15, -0.1) is 0 Å². The standard InChI is InChI=1S/C29H31N3O4/c1-4-6-12-27-30-25-16-14-22(31(3)29(35)36-5-2)18-26(25)32(27)19-20-13-15-23(24(17-20)28(33)34)21-10-8-7-9-11-21/h7-11,13-18H,4-6,12,19H2,1-3H3,(H,33,34). The molecule has 0 spiro atoms. The maximum atomic E-state index is 12.3. The highest BCUT2D eigenvalue weighted by atomic mass is 16.6. The van der Waals surface area contributed by atoms with E-state index in [-0.39, 0.29) is 5.56 Å². The van der Waals surface area contributed by atoms with Crippen molar-refractivity contribution in [1.29, 1.82) is 0 Å². The van der Waals surface area contributed by atoms with E-state index in [9.17, 15) is 14.7 Å². The Balaban J connectivity index is 1.76. The lowest BCUT2D eigenvalue weighted by Gasteiger charge is -2.17. The van der Waals surface area contributed by atoms with Crippen LogP contribution < -0.4 is 4.90 Å². The molecule has 0 fully saturated rings. The van der Waals surface area contributed by atoms with Crippen LogP contribution in [0.2, 0.25) is 0 Å². The zero-order chi connectivity index (χ0) is 25.7. The van der Waals surface area contributed by atoms with Crippen LogP contribution in [0.15, 0.2) is 66.7 Å². The Morgan fingerprint density at radius 3 is 2.50 bits per heavy atom. The molecular formula is C29H31N3O4. The van der Waals surface area contributed by atoms with E-state index in [0.29, 0.717) is 24.4 Å². The molecular weight excluding hydrogens is 454 g/mol. The number of nitrogens with zero attached hydrogens (tertiary/aromatic N) is 3. The molecule has 0 aliphatic heterocycles. The Bertz CT molecular complexity index is 1380. The van der Waals surface area contributed by atoms with Gasteiger partial charge in [-0.05, 0) is 54.3 Å². The summed E-state index contributed by atoms with van der Waals surface area (Å²) in [6, 6.07) is 20.8. The van der Waals surface area contributed by atoms with Crippen molar-refractivity contribution in [3.05, 3.63) is 83.7 Å². The maximum absolute atomic E-state index is 12.3. The molecule has 0 aliphatic carbocycles. The molecule has 7 heteroatoms. The molecule has 3 aromatic carbocycles. The second kappa shape index (κ2) is 11.1. The molecule has 186 valence electrons. The SMILES string of the molecule is CCCCc1nc2ccc(N(C)C(=O)OCC)cc2n1Cc1ccc(-c2ccccc2)c(C(=O)O)c1. The zero-order valence-electron chi connectivity index (χ0n) is 20.9. The Kier molecular flexibility index (Phi) is 7.68. The fourth-order valence-corrected chi connectivity index (χ4v) is 4.32. The molecule has 1 amide bonds. The van der Waals surface area contributed by atoms with Crippen LogP contribution in [0.3, 0.4) is 0 Å². The van der Waals surface area contributed by atoms with E-state index in [1.807, 2.05) is 60.7 Å². The van der Waals surface area contributed by atoms with Crippen LogP contribution in [0.4, 0.5) is 10.5 Å². The van der Waals surface area contributed by atoms with Crippen molar-refractivity contribution >= 4 is 28.8 Å². The molecule has 0 radical (unpaired) electrons. The van der Waals surface area contributed by atoms with Gasteiger partial charge in [-0.3, -0.25) is 4.90 Å². The van der Waals surface area contributed by atoms with Crippen LogP contribution in [-0.4, -0.2) is 40.4 Å². The number of aromatic carboxylic acids is 1.